The minimum atomic E-state index is -1.87. The fraction of sp³-hybridized carbons (Fsp3) is 1.00. The SMILES string of the molecule is C[P+](=O)O.[Na]. The molecule has 1 radical (unpaired) electrons. The van der Waals surface area contributed by atoms with E-state index >= 15 is 0 Å². The quantitative estimate of drug-likeness (QED) is 0.344. The second kappa shape index (κ2) is 5.06. The Hall–Kier alpha value is 1.06. The van der Waals surface area contributed by atoms with Crippen molar-refractivity contribution >= 4 is 37.6 Å². The van der Waals surface area contributed by atoms with E-state index in [0.717, 1.165) is 0 Å². The molecule has 1 atom stereocenters. The molecule has 5 heavy (non-hydrogen) atoms. The van der Waals surface area contributed by atoms with Crippen molar-refractivity contribution in [3.63, 3.8) is 0 Å². The van der Waals surface area contributed by atoms with Crippen molar-refractivity contribution in [2.75, 3.05) is 6.66 Å². The summed E-state index contributed by atoms with van der Waals surface area (Å²) in [5, 5.41) is 0. The molecule has 0 saturated heterocycles. The second-order valence-electron chi connectivity index (χ2n) is 0.464. The molecule has 0 heterocycles. The van der Waals surface area contributed by atoms with E-state index in [2.05, 4.69) is 0 Å². The van der Waals surface area contributed by atoms with Crippen LogP contribution >= 0.6 is 8.03 Å². The van der Waals surface area contributed by atoms with Gasteiger partial charge in [-0.05, 0) is 4.57 Å². The first kappa shape index (κ1) is 9.41. The standard InChI is InChI=1S/CH3O2P.Na/c1-4(2)3;/h1H3;/p+1. The van der Waals surface area contributed by atoms with Crippen LogP contribution in [0.3, 0.4) is 0 Å². The zero-order chi connectivity index (χ0) is 3.58. The first-order valence-electron chi connectivity index (χ1n) is 0.830. The van der Waals surface area contributed by atoms with Crippen LogP contribution in [0.15, 0.2) is 0 Å². The van der Waals surface area contributed by atoms with Gasteiger partial charge in [0.1, 0.15) is 0 Å². The van der Waals surface area contributed by atoms with Crippen LogP contribution < -0.4 is 0 Å². The van der Waals surface area contributed by atoms with E-state index in [4.69, 9.17) is 9.46 Å². The van der Waals surface area contributed by atoms with Crippen LogP contribution in [0.2, 0.25) is 0 Å². The van der Waals surface area contributed by atoms with Crippen molar-refractivity contribution in [1.29, 1.82) is 0 Å². The van der Waals surface area contributed by atoms with Gasteiger partial charge in [-0.15, -0.1) is 0 Å². The number of rotatable bonds is 0. The third kappa shape index (κ3) is 42.2. The largest absolute Gasteiger partial charge is 0.502 e. The van der Waals surface area contributed by atoms with Crippen LogP contribution in [0, 0.1) is 0 Å². The zero-order valence-electron chi connectivity index (χ0n) is 3.30. The second-order valence-corrected chi connectivity index (χ2v) is 1.39. The molecular formula is CH4NaO2P+. The summed E-state index contributed by atoms with van der Waals surface area (Å²) in [6, 6.07) is 0. The predicted molar refractivity (Wildman–Crippen MR) is 21.5 cm³/mol. The molecule has 0 fully saturated rings. The van der Waals surface area contributed by atoms with Crippen LogP contribution in [-0.4, -0.2) is 41.1 Å². The van der Waals surface area contributed by atoms with Gasteiger partial charge < -0.3 is 0 Å². The fourth-order valence-electron chi connectivity index (χ4n) is 0. The minimum Gasteiger partial charge on any atom is -0.161 e. The Labute approximate surface area is 53.7 Å². The van der Waals surface area contributed by atoms with Gasteiger partial charge in [-0.2, -0.15) is 4.89 Å². The first-order chi connectivity index (χ1) is 1.73. The number of hydrogen-bond donors (Lipinski definition) is 1. The van der Waals surface area contributed by atoms with E-state index in [1.807, 2.05) is 0 Å². The topological polar surface area (TPSA) is 37.3 Å². The smallest absolute Gasteiger partial charge is 0.161 e. The van der Waals surface area contributed by atoms with Crippen molar-refractivity contribution < 1.29 is 9.46 Å². The summed E-state index contributed by atoms with van der Waals surface area (Å²) in [4.78, 5) is 7.56. The van der Waals surface area contributed by atoms with Crippen molar-refractivity contribution in [1.82, 2.24) is 0 Å². The van der Waals surface area contributed by atoms with E-state index in [9.17, 15) is 0 Å². The summed E-state index contributed by atoms with van der Waals surface area (Å²) in [5.74, 6) is 0. The van der Waals surface area contributed by atoms with Gasteiger partial charge in [0.25, 0.3) is 0 Å². The van der Waals surface area contributed by atoms with Gasteiger partial charge in [-0.1, -0.05) is 0 Å². The molecule has 0 aromatic carbocycles. The molecule has 0 aliphatic rings. The number of hydrogen-bond acceptors (Lipinski definition) is 1. The summed E-state index contributed by atoms with van der Waals surface area (Å²) in [6.45, 7) is 1.23. The molecule has 0 amide bonds. The molecule has 0 aromatic heterocycles. The Morgan fingerprint density at radius 1 is 1.80 bits per heavy atom. The Morgan fingerprint density at radius 2 is 1.80 bits per heavy atom. The van der Waals surface area contributed by atoms with Gasteiger partial charge in [0.2, 0.25) is 0 Å². The summed E-state index contributed by atoms with van der Waals surface area (Å²) >= 11 is 0. The molecule has 0 aliphatic heterocycles. The van der Waals surface area contributed by atoms with Gasteiger partial charge in [0.05, 0.1) is 0 Å². The molecule has 0 saturated carbocycles. The molecule has 0 rings (SSSR count). The zero-order valence-corrected chi connectivity index (χ0v) is 6.20. The predicted octanol–water partition coefficient (Wildman–Crippen LogP) is -0.0299. The summed E-state index contributed by atoms with van der Waals surface area (Å²) in [5.41, 5.74) is 0. The third-order valence-electron chi connectivity index (χ3n) is 0. The van der Waals surface area contributed by atoms with Crippen molar-refractivity contribution in [2.24, 2.45) is 0 Å². The normalized spacial score (nSPS) is 8.80. The third-order valence-corrected chi connectivity index (χ3v) is 0. The molecule has 0 spiro atoms. The maximum atomic E-state index is 9.15. The van der Waals surface area contributed by atoms with Crippen LogP contribution in [0.5, 0.6) is 0 Å². The molecule has 2 nitrogen and oxygen atoms in total. The molecule has 25 valence electrons. The van der Waals surface area contributed by atoms with Crippen LogP contribution in [0.1, 0.15) is 0 Å². The van der Waals surface area contributed by atoms with Gasteiger partial charge >= 0.3 is 8.03 Å². The molecule has 4 heteroatoms. The Bertz CT molecular complexity index is 32.6. The van der Waals surface area contributed by atoms with Gasteiger partial charge in [0, 0.05) is 29.6 Å². The molecule has 1 unspecified atom stereocenters. The average Bonchev–Trinajstić information content (AvgIpc) is 0.811. The maximum Gasteiger partial charge on any atom is 0.502 e. The monoisotopic (exact) mass is 102 g/mol. The fourth-order valence-corrected chi connectivity index (χ4v) is 0. The molecular weight excluding hydrogens is 98.0 g/mol. The molecule has 0 aliphatic carbocycles. The van der Waals surface area contributed by atoms with E-state index in [1.54, 1.807) is 0 Å². The maximum absolute atomic E-state index is 9.15. The molecule has 0 bridgehead atoms. The van der Waals surface area contributed by atoms with Crippen LogP contribution in [-0.2, 0) is 4.57 Å². The van der Waals surface area contributed by atoms with Gasteiger partial charge in [0.15, 0.2) is 6.66 Å². The minimum absolute atomic E-state index is 0. The average molecular weight is 102 g/mol. The van der Waals surface area contributed by atoms with Gasteiger partial charge in [-0.3, -0.25) is 0 Å². The van der Waals surface area contributed by atoms with E-state index in [1.165, 1.54) is 6.66 Å². The van der Waals surface area contributed by atoms with Crippen molar-refractivity contribution in [3.05, 3.63) is 0 Å². The Morgan fingerprint density at radius 3 is 1.80 bits per heavy atom. The summed E-state index contributed by atoms with van der Waals surface area (Å²) in [7, 11) is -1.87. The van der Waals surface area contributed by atoms with E-state index < -0.39 is 8.03 Å². The Balaban J connectivity index is 0. The van der Waals surface area contributed by atoms with Crippen molar-refractivity contribution in [3.8, 4) is 0 Å². The molecule has 1 N–H and O–H groups in total. The van der Waals surface area contributed by atoms with Crippen molar-refractivity contribution in [2.45, 2.75) is 0 Å². The summed E-state index contributed by atoms with van der Waals surface area (Å²) < 4.78 is 9.15. The van der Waals surface area contributed by atoms with E-state index in [0.29, 0.717) is 0 Å². The molecule has 0 aromatic rings. The van der Waals surface area contributed by atoms with E-state index in [-0.39, 0.29) is 29.6 Å². The Kier molecular flexibility index (Phi) is 9.53. The van der Waals surface area contributed by atoms with Crippen LogP contribution in [0.25, 0.3) is 0 Å². The van der Waals surface area contributed by atoms with Crippen LogP contribution in [0.4, 0.5) is 0 Å². The summed E-state index contributed by atoms with van der Waals surface area (Å²) in [6.07, 6.45) is 0. The first-order valence-corrected chi connectivity index (χ1v) is 2.49. The van der Waals surface area contributed by atoms with Gasteiger partial charge in [-0.25, -0.2) is 0 Å².